The largest absolute Gasteiger partial charge is 0.381 e. The predicted octanol–water partition coefficient (Wildman–Crippen LogP) is 1.41. The van der Waals surface area contributed by atoms with Crippen molar-refractivity contribution in [1.82, 2.24) is 5.32 Å². The number of amides is 1. The average Bonchev–Trinajstić information content (AvgIpc) is 2.40. The van der Waals surface area contributed by atoms with Crippen molar-refractivity contribution in [1.29, 1.82) is 0 Å². The molecule has 2 N–H and O–H groups in total. The molecule has 0 aromatic heterocycles. The molecular formula is C15H22N2O2. The summed E-state index contributed by atoms with van der Waals surface area (Å²) < 4.78 is 0. The lowest BCUT2D eigenvalue weighted by molar-refractivity contribution is -0.118. The molecule has 1 aromatic carbocycles. The molecule has 0 fully saturated rings. The summed E-state index contributed by atoms with van der Waals surface area (Å²) in [6.07, 6.45) is 1.40. The van der Waals surface area contributed by atoms with E-state index in [1.54, 1.807) is 4.90 Å². The van der Waals surface area contributed by atoms with Gasteiger partial charge in [-0.15, -0.1) is 0 Å². The van der Waals surface area contributed by atoms with Crippen LogP contribution >= 0.6 is 0 Å². The monoisotopic (exact) mass is 262 g/mol. The molecule has 1 aliphatic heterocycles. The SMILES string of the molecule is CN1C(=O)CCc2cc(C(C)(C)CNCO)ccc21. The molecule has 4 heteroatoms. The Balaban J connectivity index is 2.29. The molecule has 0 bridgehead atoms. The molecule has 1 aromatic rings. The molecule has 0 spiro atoms. The van der Waals surface area contributed by atoms with Crippen LogP contribution in [-0.4, -0.2) is 31.3 Å². The van der Waals surface area contributed by atoms with Crippen molar-refractivity contribution in [2.45, 2.75) is 32.1 Å². The number of fused-ring (bicyclic) bond motifs is 1. The van der Waals surface area contributed by atoms with Gasteiger partial charge < -0.3 is 10.0 Å². The Morgan fingerprint density at radius 1 is 1.37 bits per heavy atom. The van der Waals surface area contributed by atoms with Gasteiger partial charge in [-0.3, -0.25) is 10.1 Å². The maximum atomic E-state index is 11.7. The Bertz CT molecular complexity index is 483. The average molecular weight is 262 g/mol. The van der Waals surface area contributed by atoms with Crippen LogP contribution in [0, 0.1) is 0 Å². The van der Waals surface area contributed by atoms with E-state index >= 15 is 0 Å². The highest BCUT2D eigenvalue weighted by Gasteiger charge is 2.25. The van der Waals surface area contributed by atoms with Crippen molar-refractivity contribution in [3.05, 3.63) is 29.3 Å². The Labute approximate surface area is 114 Å². The zero-order valence-electron chi connectivity index (χ0n) is 11.9. The number of aliphatic hydroxyl groups is 1. The molecule has 4 nitrogen and oxygen atoms in total. The van der Waals surface area contributed by atoms with Crippen LogP contribution in [0.5, 0.6) is 0 Å². The molecule has 0 atom stereocenters. The number of hydrogen-bond acceptors (Lipinski definition) is 3. The second-order valence-corrected chi connectivity index (χ2v) is 5.77. The van der Waals surface area contributed by atoms with E-state index in [1.807, 2.05) is 13.1 Å². The number of hydrogen-bond donors (Lipinski definition) is 2. The molecule has 0 radical (unpaired) electrons. The minimum atomic E-state index is -0.0439. The van der Waals surface area contributed by atoms with Gasteiger partial charge in [0.1, 0.15) is 0 Å². The lowest BCUT2D eigenvalue weighted by atomic mass is 9.82. The second kappa shape index (κ2) is 5.31. The molecule has 2 rings (SSSR count). The van der Waals surface area contributed by atoms with Crippen molar-refractivity contribution >= 4 is 11.6 Å². The maximum absolute atomic E-state index is 11.7. The topological polar surface area (TPSA) is 52.6 Å². The van der Waals surface area contributed by atoms with Crippen LogP contribution in [0.1, 0.15) is 31.4 Å². The molecule has 1 heterocycles. The standard InChI is InChI=1S/C15H22N2O2/c1-15(2,9-16-10-18)12-5-6-13-11(8-12)4-7-14(19)17(13)3/h5-6,8,16,18H,4,7,9-10H2,1-3H3. The number of nitrogens with one attached hydrogen (secondary N) is 1. The Morgan fingerprint density at radius 2 is 2.11 bits per heavy atom. The number of rotatable bonds is 4. The minimum absolute atomic E-state index is 0.00832. The van der Waals surface area contributed by atoms with Gasteiger partial charge >= 0.3 is 0 Å². The zero-order valence-corrected chi connectivity index (χ0v) is 11.9. The molecule has 0 unspecified atom stereocenters. The van der Waals surface area contributed by atoms with Gasteiger partial charge in [-0.25, -0.2) is 0 Å². The fraction of sp³-hybridized carbons (Fsp3) is 0.533. The molecule has 0 saturated heterocycles. The molecule has 19 heavy (non-hydrogen) atoms. The van der Waals surface area contributed by atoms with Crippen LogP contribution in [0.25, 0.3) is 0 Å². The first kappa shape index (κ1) is 14.0. The number of aryl methyl sites for hydroxylation is 1. The van der Waals surface area contributed by atoms with Crippen molar-refractivity contribution in [2.24, 2.45) is 0 Å². The minimum Gasteiger partial charge on any atom is -0.381 e. The maximum Gasteiger partial charge on any atom is 0.227 e. The van der Waals surface area contributed by atoms with Crippen molar-refractivity contribution in [2.75, 3.05) is 25.2 Å². The highest BCUT2D eigenvalue weighted by atomic mass is 16.3. The fourth-order valence-corrected chi connectivity index (χ4v) is 2.55. The van der Waals surface area contributed by atoms with E-state index in [0.29, 0.717) is 6.42 Å². The first-order chi connectivity index (χ1) is 8.95. The van der Waals surface area contributed by atoms with Crippen LogP contribution in [0.15, 0.2) is 18.2 Å². The third-order valence-corrected chi connectivity index (χ3v) is 3.88. The number of nitrogens with zero attached hydrogens (tertiary/aromatic N) is 1. The van der Waals surface area contributed by atoms with Gasteiger partial charge in [-0.2, -0.15) is 0 Å². The van der Waals surface area contributed by atoms with E-state index in [4.69, 9.17) is 5.11 Å². The molecular weight excluding hydrogens is 240 g/mol. The Hall–Kier alpha value is -1.39. The molecule has 1 aliphatic rings. The lowest BCUT2D eigenvalue weighted by Gasteiger charge is -2.30. The summed E-state index contributed by atoms with van der Waals surface area (Å²) in [4.78, 5) is 13.4. The van der Waals surface area contributed by atoms with E-state index in [9.17, 15) is 4.79 Å². The van der Waals surface area contributed by atoms with Crippen molar-refractivity contribution in [3.8, 4) is 0 Å². The predicted molar refractivity (Wildman–Crippen MR) is 76.3 cm³/mol. The molecule has 104 valence electrons. The van der Waals surface area contributed by atoms with Crippen LogP contribution < -0.4 is 10.2 Å². The second-order valence-electron chi connectivity index (χ2n) is 5.77. The third-order valence-electron chi connectivity index (χ3n) is 3.88. The third kappa shape index (κ3) is 2.80. The van der Waals surface area contributed by atoms with Gasteiger partial charge in [0.05, 0.1) is 6.73 Å². The lowest BCUT2D eigenvalue weighted by Crippen LogP contribution is -2.34. The number of anilines is 1. The van der Waals surface area contributed by atoms with E-state index in [2.05, 4.69) is 31.3 Å². The fourth-order valence-electron chi connectivity index (χ4n) is 2.55. The highest BCUT2D eigenvalue weighted by molar-refractivity contribution is 5.95. The summed E-state index contributed by atoms with van der Waals surface area (Å²) >= 11 is 0. The molecule has 0 aliphatic carbocycles. The van der Waals surface area contributed by atoms with E-state index in [1.165, 1.54) is 11.1 Å². The van der Waals surface area contributed by atoms with Crippen LogP contribution in [0.4, 0.5) is 5.69 Å². The van der Waals surface area contributed by atoms with Crippen LogP contribution in [0.2, 0.25) is 0 Å². The number of carbonyl (C=O) groups excluding carboxylic acids is 1. The summed E-state index contributed by atoms with van der Waals surface area (Å²) in [6.45, 7) is 5.01. The summed E-state index contributed by atoms with van der Waals surface area (Å²) in [7, 11) is 1.83. The highest BCUT2D eigenvalue weighted by Crippen LogP contribution is 2.31. The van der Waals surface area contributed by atoms with Crippen LogP contribution in [0.3, 0.4) is 0 Å². The van der Waals surface area contributed by atoms with Crippen molar-refractivity contribution < 1.29 is 9.90 Å². The van der Waals surface area contributed by atoms with E-state index in [-0.39, 0.29) is 18.1 Å². The zero-order chi connectivity index (χ0) is 14.0. The molecule has 0 saturated carbocycles. The van der Waals surface area contributed by atoms with Gasteiger partial charge in [0.25, 0.3) is 0 Å². The van der Waals surface area contributed by atoms with Gasteiger partial charge in [-0.1, -0.05) is 26.0 Å². The van der Waals surface area contributed by atoms with Gasteiger partial charge in [-0.05, 0) is 23.6 Å². The number of carbonyl (C=O) groups is 1. The van der Waals surface area contributed by atoms with Gasteiger partial charge in [0.15, 0.2) is 0 Å². The van der Waals surface area contributed by atoms with Gasteiger partial charge in [0, 0.05) is 31.1 Å². The van der Waals surface area contributed by atoms with Crippen molar-refractivity contribution in [3.63, 3.8) is 0 Å². The quantitative estimate of drug-likeness (QED) is 0.807. The first-order valence-corrected chi connectivity index (χ1v) is 6.67. The van der Waals surface area contributed by atoms with E-state index in [0.717, 1.165) is 18.7 Å². The Kier molecular flexibility index (Phi) is 3.92. The summed E-state index contributed by atoms with van der Waals surface area (Å²) in [5.41, 5.74) is 3.44. The molecule has 1 amide bonds. The summed E-state index contributed by atoms with van der Waals surface area (Å²) in [5.74, 6) is 0.182. The van der Waals surface area contributed by atoms with Gasteiger partial charge in [0.2, 0.25) is 5.91 Å². The van der Waals surface area contributed by atoms with E-state index < -0.39 is 0 Å². The number of benzene rings is 1. The smallest absolute Gasteiger partial charge is 0.227 e. The normalized spacial score (nSPS) is 15.6. The first-order valence-electron chi connectivity index (χ1n) is 6.67. The summed E-state index contributed by atoms with van der Waals surface area (Å²) in [5, 5.41) is 11.9. The van der Waals surface area contributed by atoms with Crippen LogP contribution in [-0.2, 0) is 16.6 Å². The Morgan fingerprint density at radius 3 is 2.79 bits per heavy atom. The number of aliphatic hydroxyl groups excluding tert-OH is 1. The summed E-state index contributed by atoms with van der Waals surface area (Å²) in [6, 6.07) is 6.30.